The van der Waals surface area contributed by atoms with Crippen molar-refractivity contribution >= 4 is 23.4 Å². The topological polar surface area (TPSA) is 49.4 Å². The van der Waals surface area contributed by atoms with Gasteiger partial charge in [0.1, 0.15) is 6.04 Å². The summed E-state index contributed by atoms with van der Waals surface area (Å²) < 4.78 is 0. The third-order valence-electron chi connectivity index (χ3n) is 6.05. The Kier molecular flexibility index (Phi) is 9.29. The van der Waals surface area contributed by atoms with Crippen molar-refractivity contribution in [2.24, 2.45) is 0 Å². The van der Waals surface area contributed by atoms with Crippen LogP contribution in [0.3, 0.4) is 0 Å². The number of halogens is 1. The number of amides is 2. The molecular weight excluding hydrogens is 444 g/mol. The van der Waals surface area contributed by atoms with Gasteiger partial charge in [0.05, 0.1) is 6.42 Å². The number of hydrogen-bond donors (Lipinski definition) is 1. The Bertz CT molecular complexity index is 1080. The normalized spacial score (nSPS) is 12.6. The second-order valence-corrected chi connectivity index (χ2v) is 9.21. The highest BCUT2D eigenvalue weighted by molar-refractivity contribution is 6.31. The molecule has 3 aromatic rings. The molecule has 0 aliphatic rings. The van der Waals surface area contributed by atoms with Crippen LogP contribution in [0, 0.1) is 6.92 Å². The number of carbonyl (C=O) groups is 2. The van der Waals surface area contributed by atoms with Crippen molar-refractivity contribution < 1.29 is 9.59 Å². The van der Waals surface area contributed by atoms with E-state index in [-0.39, 0.29) is 30.8 Å². The number of carbonyl (C=O) groups excluding carboxylic acids is 2. The largest absolute Gasteiger partial charge is 0.352 e. The minimum atomic E-state index is -0.661. The Hall–Kier alpha value is -3.11. The minimum Gasteiger partial charge on any atom is -0.352 e. The van der Waals surface area contributed by atoms with Crippen LogP contribution in [0.25, 0.3) is 0 Å². The molecule has 3 aromatic carbocycles. The summed E-state index contributed by atoms with van der Waals surface area (Å²) >= 11 is 6.46. The standard InChI is InChI=1S/C29H33ClN2O2/c1-4-22(3)31-29(34)27(18-23-10-6-5-7-11-23)32(20-25-12-8-9-13-26(25)30)28(33)19-24-16-14-21(2)15-17-24/h5-17,22,27H,4,18-20H2,1-3H3,(H,31,34). The summed E-state index contributed by atoms with van der Waals surface area (Å²) in [5.74, 6) is -0.258. The van der Waals surface area contributed by atoms with Crippen LogP contribution >= 0.6 is 11.6 Å². The molecule has 0 aromatic heterocycles. The lowest BCUT2D eigenvalue weighted by atomic mass is 10.0. The van der Waals surface area contributed by atoms with Crippen molar-refractivity contribution in [3.05, 3.63) is 106 Å². The molecule has 2 atom stereocenters. The van der Waals surface area contributed by atoms with Gasteiger partial charge in [0.2, 0.25) is 11.8 Å². The maximum absolute atomic E-state index is 13.7. The van der Waals surface area contributed by atoms with Gasteiger partial charge in [-0.05, 0) is 43.0 Å². The van der Waals surface area contributed by atoms with Crippen LogP contribution in [-0.2, 0) is 29.0 Å². The van der Waals surface area contributed by atoms with Crippen LogP contribution in [0.2, 0.25) is 5.02 Å². The van der Waals surface area contributed by atoms with E-state index >= 15 is 0 Å². The van der Waals surface area contributed by atoms with Crippen LogP contribution in [-0.4, -0.2) is 28.8 Å². The number of rotatable bonds is 10. The van der Waals surface area contributed by atoms with E-state index < -0.39 is 6.04 Å². The molecule has 1 N–H and O–H groups in total. The van der Waals surface area contributed by atoms with E-state index in [1.807, 2.05) is 99.6 Å². The third-order valence-corrected chi connectivity index (χ3v) is 6.42. The average Bonchev–Trinajstić information content (AvgIpc) is 2.84. The molecule has 178 valence electrons. The molecule has 4 nitrogen and oxygen atoms in total. The Morgan fingerprint density at radius 1 is 0.912 bits per heavy atom. The first-order chi connectivity index (χ1) is 16.4. The number of nitrogens with one attached hydrogen (secondary N) is 1. The second kappa shape index (κ2) is 12.4. The predicted octanol–water partition coefficient (Wildman–Crippen LogP) is 5.75. The smallest absolute Gasteiger partial charge is 0.243 e. The molecule has 2 unspecified atom stereocenters. The van der Waals surface area contributed by atoms with E-state index in [4.69, 9.17) is 11.6 Å². The minimum absolute atomic E-state index is 0.0140. The monoisotopic (exact) mass is 476 g/mol. The summed E-state index contributed by atoms with van der Waals surface area (Å²) in [7, 11) is 0. The van der Waals surface area contributed by atoms with Crippen molar-refractivity contribution in [2.45, 2.75) is 58.7 Å². The summed E-state index contributed by atoms with van der Waals surface area (Å²) in [6.07, 6.45) is 1.45. The molecule has 0 aliphatic heterocycles. The molecular formula is C29H33ClN2O2. The molecule has 0 bridgehead atoms. The van der Waals surface area contributed by atoms with Gasteiger partial charge in [0.25, 0.3) is 0 Å². The van der Waals surface area contributed by atoms with Crippen LogP contribution < -0.4 is 5.32 Å². The van der Waals surface area contributed by atoms with Gasteiger partial charge in [-0.25, -0.2) is 0 Å². The Balaban J connectivity index is 1.97. The highest BCUT2D eigenvalue weighted by Crippen LogP contribution is 2.21. The SMILES string of the molecule is CCC(C)NC(=O)C(Cc1ccccc1)N(Cc1ccccc1Cl)C(=O)Cc1ccc(C)cc1. The molecule has 0 saturated heterocycles. The number of benzene rings is 3. The van der Waals surface area contributed by atoms with Gasteiger partial charge in [-0.15, -0.1) is 0 Å². The Morgan fingerprint density at radius 2 is 1.56 bits per heavy atom. The van der Waals surface area contributed by atoms with Crippen molar-refractivity contribution in [3.63, 3.8) is 0 Å². The average molecular weight is 477 g/mol. The van der Waals surface area contributed by atoms with Gasteiger partial charge in [0.15, 0.2) is 0 Å². The van der Waals surface area contributed by atoms with Crippen molar-refractivity contribution in [1.82, 2.24) is 10.2 Å². The lowest BCUT2D eigenvalue weighted by Gasteiger charge is -2.32. The number of nitrogens with zero attached hydrogens (tertiary/aromatic N) is 1. The number of aryl methyl sites for hydroxylation is 1. The van der Waals surface area contributed by atoms with E-state index in [0.29, 0.717) is 11.4 Å². The van der Waals surface area contributed by atoms with E-state index in [1.165, 1.54) is 0 Å². The Morgan fingerprint density at radius 3 is 2.21 bits per heavy atom. The van der Waals surface area contributed by atoms with Crippen molar-refractivity contribution in [2.75, 3.05) is 0 Å². The summed E-state index contributed by atoms with van der Waals surface area (Å²) in [4.78, 5) is 28.9. The van der Waals surface area contributed by atoms with E-state index in [1.54, 1.807) is 4.90 Å². The maximum Gasteiger partial charge on any atom is 0.243 e. The fraction of sp³-hybridized carbons (Fsp3) is 0.310. The fourth-order valence-electron chi connectivity index (χ4n) is 3.79. The van der Waals surface area contributed by atoms with E-state index in [0.717, 1.165) is 28.7 Å². The first kappa shape index (κ1) is 25.5. The van der Waals surface area contributed by atoms with Gasteiger partial charge < -0.3 is 10.2 Å². The maximum atomic E-state index is 13.7. The Labute approximate surface area is 207 Å². The summed E-state index contributed by atoms with van der Waals surface area (Å²) in [6.45, 7) is 6.28. The fourth-order valence-corrected chi connectivity index (χ4v) is 3.98. The van der Waals surface area contributed by atoms with Crippen molar-refractivity contribution in [3.8, 4) is 0 Å². The van der Waals surface area contributed by atoms with Gasteiger partial charge in [-0.1, -0.05) is 96.9 Å². The summed E-state index contributed by atoms with van der Waals surface area (Å²) in [5.41, 5.74) is 3.87. The van der Waals surface area contributed by atoms with Crippen LogP contribution in [0.5, 0.6) is 0 Å². The highest BCUT2D eigenvalue weighted by Gasteiger charge is 2.31. The van der Waals surface area contributed by atoms with Crippen LogP contribution in [0.1, 0.15) is 42.5 Å². The van der Waals surface area contributed by atoms with Gasteiger partial charge in [0, 0.05) is 24.0 Å². The molecule has 34 heavy (non-hydrogen) atoms. The lowest BCUT2D eigenvalue weighted by molar-refractivity contribution is -0.141. The van der Waals surface area contributed by atoms with E-state index in [2.05, 4.69) is 5.32 Å². The van der Waals surface area contributed by atoms with Gasteiger partial charge in [-0.3, -0.25) is 9.59 Å². The second-order valence-electron chi connectivity index (χ2n) is 8.80. The molecule has 5 heteroatoms. The highest BCUT2D eigenvalue weighted by atomic mass is 35.5. The first-order valence-corrected chi connectivity index (χ1v) is 12.2. The van der Waals surface area contributed by atoms with Crippen molar-refractivity contribution in [1.29, 1.82) is 0 Å². The molecule has 2 amide bonds. The number of hydrogen-bond acceptors (Lipinski definition) is 2. The predicted molar refractivity (Wildman–Crippen MR) is 139 cm³/mol. The third kappa shape index (κ3) is 7.19. The zero-order valence-electron chi connectivity index (χ0n) is 20.1. The molecule has 0 heterocycles. The first-order valence-electron chi connectivity index (χ1n) is 11.8. The molecule has 0 spiro atoms. The zero-order valence-corrected chi connectivity index (χ0v) is 20.9. The molecule has 3 rings (SSSR count). The van der Waals surface area contributed by atoms with Gasteiger partial charge in [-0.2, -0.15) is 0 Å². The lowest BCUT2D eigenvalue weighted by Crippen LogP contribution is -2.52. The molecule has 0 aliphatic carbocycles. The molecule has 0 saturated carbocycles. The van der Waals surface area contributed by atoms with E-state index in [9.17, 15) is 9.59 Å². The van der Waals surface area contributed by atoms with Crippen LogP contribution in [0.15, 0.2) is 78.9 Å². The summed E-state index contributed by atoms with van der Waals surface area (Å²) in [5, 5.41) is 3.67. The van der Waals surface area contributed by atoms with Crippen LogP contribution in [0.4, 0.5) is 0 Å². The molecule has 0 radical (unpaired) electrons. The summed E-state index contributed by atoms with van der Waals surface area (Å²) in [6, 6.07) is 24.6. The zero-order chi connectivity index (χ0) is 24.5. The molecule has 0 fully saturated rings. The quantitative estimate of drug-likeness (QED) is 0.405. The van der Waals surface area contributed by atoms with Gasteiger partial charge >= 0.3 is 0 Å².